The summed E-state index contributed by atoms with van der Waals surface area (Å²) in [6.45, 7) is 8.25. The Balaban J connectivity index is 2.31. The normalized spacial score (nSPS) is 26.9. The Labute approximate surface area is 105 Å². The summed E-state index contributed by atoms with van der Waals surface area (Å²) in [6, 6.07) is 0.333. The van der Waals surface area contributed by atoms with E-state index in [9.17, 15) is 4.79 Å². The highest BCUT2D eigenvalue weighted by Crippen LogP contribution is 2.16. The average molecular weight is 241 g/mol. The summed E-state index contributed by atoms with van der Waals surface area (Å²) in [5, 5.41) is 3.14. The van der Waals surface area contributed by atoms with Gasteiger partial charge in [0, 0.05) is 24.5 Å². The lowest BCUT2D eigenvalue weighted by molar-refractivity contribution is -0.122. The lowest BCUT2D eigenvalue weighted by Crippen LogP contribution is -2.49. The highest BCUT2D eigenvalue weighted by molar-refractivity contribution is 5.76. The molecule has 3 N–H and O–H groups in total. The van der Waals surface area contributed by atoms with Crippen molar-refractivity contribution in [1.82, 2.24) is 10.2 Å². The van der Waals surface area contributed by atoms with Crippen molar-refractivity contribution < 1.29 is 4.79 Å². The van der Waals surface area contributed by atoms with Crippen LogP contribution in [0.5, 0.6) is 0 Å². The van der Waals surface area contributed by atoms with Gasteiger partial charge in [0.1, 0.15) is 0 Å². The maximum atomic E-state index is 11.8. The first kappa shape index (κ1) is 14.5. The molecule has 0 bridgehead atoms. The van der Waals surface area contributed by atoms with Crippen molar-refractivity contribution in [3.05, 3.63) is 0 Å². The van der Waals surface area contributed by atoms with Gasteiger partial charge in [-0.15, -0.1) is 0 Å². The van der Waals surface area contributed by atoms with Crippen LogP contribution in [0.3, 0.4) is 0 Å². The summed E-state index contributed by atoms with van der Waals surface area (Å²) in [5.74, 6) is 0.675. The molecule has 1 rings (SSSR count). The second kappa shape index (κ2) is 5.83. The summed E-state index contributed by atoms with van der Waals surface area (Å²) in [4.78, 5) is 14.1. The lowest BCUT2D eigenvalue weighted by atomic mass is 9.93. The van der Waals surface area contributed by atoms with Gasteiger partial charge in [-0.05, 0) is 46.2 Å². The van der Waals surface area contributed by atoms with Gasteiger partial charge in [-0.1, -0.05) is 6.92 Å². The van der Waals surface area contributed by atoms with Crippen LogP contribution in [0, 0.1) is 5.92 Å². The third-order valence-corrected chi connectivity index (χ3v) is 3.45. The molecule has 4 nitrogen and oxygen atoms in total. The Kier molecular flexibility index (Phi) is 4.95. The van der Waals surface area contributed by atoms with Crippen molar-refractivity contribution in [1.29, 1.82) is 0 Å². The van der Waals surface area contributed by atoms with Crippen LogP contribution in [0.4, 0.5) is 0 Å². The van der Waals surface area contributed by atoms with E-state index in [0.717, 1.165) is 25.9 Å². The SMILES string of the molecule is CC1CN(C)CCC1NC(=O)CCC(C)(C)N. The van der Waals surface area contributed by atoms with Gasteiger partial charge >= 0.3 is 0 Å². The van der Waals surface area contributed by atoms with Crippen LogP contribution in [0.25, 0.3) is 0 Å². The molecule has 1 aliphatic rings. The minimum atomic E-state index is -0.254. The van der Waals surface area contributed by atoms with Crippen molar-refractivity contribution in [3.63, 3.8) is 0 Å². The molecule has 0 aliphatic carbocycles. The largest absolute Gasteiger partial charge is 0.353 e. The van der Waals surface area contributed by atoms with E-state index in [1.54, 1.807) is 0 Å². The maximum Gasteiger partial charge on any atom is 0.220 e. The molecule has 0 aromatic carbocycles. The molecule has 17 heavy (non-hydrogen) atoms. The molecule has 1 heterocycles. The molecule has 1 fully saturated rings. The van der Waals surface area contributed by atoms with Gasteiger partial charge in [0.15, 0.2) is 0 Å². The predicted molar refractivity (Wildman–Crippen MR) is 70.7 cm³/mol. The smallest absolute Gasteiger partial charge is 0.220 e. The molecular formula is C13H27N3O. The number of carbonyl (C=O) groups is 1. The summed E-state index contributed by atoms with van der Waals surface area (Å²) in [7, 11) is 2.13. The first-order chi connectivity index (χ1) is 7.78. The molecule has 4 heteroatoms. The summed E-state index contributed by atoms with van der Waals surface area (Å²) >= 11 is 0. The number of rotatable bonds is 4. The van der Waals surface area contributed by atoms with Crippen LogP contribution < -0.4 is 11.1 Å². The minimum absolute atomic E-state index is 0.143. The molecule has 2 unspecified atom stereocenters. The number of nitrogens with zero attached hydrogens (tertiary/aromatic N) is 1. The maximum absolute atomic E-state index is 11.8. The van der Waals surface area contributed by atoms with Crippen molar-refractivity contribution in [3.8, 4) is 0 Å². The fraction of sp³-hybridized carbons (Fsp3) is 0.923. The molecule has 100 valence electrons. The first-order valence-corrected chi connectivity index (χ1v) is 6.55. The summed E-state index contributed by atoms with van der Waals surface area (Å²) in [5.41, 5.74) is 5.62. The Hall–Kier alpha value is -0.610. The molecule has 0 aromatic rings. The van der Waals surface area contributed by atoms with Gasteiger partial charge in [0.05, 0.1) is 0 Å². The van der Waals surface area contributed by atoms with Crippen molar-refractivity contribution >= 4 is 5.91 Å². The van der Waals surface area contributed by atoms with Crippen LogP contribution >= 0.6 is 0 Å². The zero-order valence-electron chi connectivity index (χ0n) is 11.6. The summed E-state index contributed by atoms with van der Waals surface area (Å²) < 4.78 is 0. The molecule has 1 saturated heterocycles. The van der Waals surface area contributed by atoms with E-state index in [1.807, 2.05) is 13.8 Å². The molecule has 0 spiro atoms. The average Bonchev–Trinajstić information content (AvgIpc) is 2.18. The van der Waals surface area contributed by atoms with Gasteiger partial charge in [-0.2, -0.15) is 0 Å². The fourth-order valence-electron chi connectivity index (χ4n) is 2.28. The van der Waals surface area contributed by atoms with E-state index in [4.69, 9.17) is 5.73 Å². The highest BCUT2D eigenvalue weighted by Gasteiger charge is 2.25. The minimum Gasteiger partial charge on any atom is -0.353 e. The van der Waals surface area contributed by atoms with E-state index < -0.39 is 0 Å². The number of hydrogen-bond donors (Lipinski definition) is 2. The number of nitrogens with one attached hydrogen (secondary N) is 1. The van der Waals surface area contributed by atoms with Crippen molar-refractivity contribution in [2.45, 2.75) is 51.6 Å². The van der Waals surface area contributed by atoms with Crippen molar-refractivity contribution in [2.75, 3.05) is 20.1 Å². The molecule has 0 aromatic heterocycles. The quantitative estimate of drug-likeness (QED) is 0.771. The first-order valence-electron chi connectivity index (χ1n) is 6.55. The molecule has 1 aliphatic heterocycles. The van der Waals surface area contributed by atoms with Gasteiger partial charge in [0.25, 0.3) is 0 Å². The van der Waals surface area contributed by atoms with Gasteiger partial charge in [0.2, 0.25) is 5.91 Å². The standard InChI is InChI=1S/C13H27N3O/c1-10-9-16(4)8-6-11(10)15-12(17)5-7-13(2,3)14/h10-11H,5-9,14H2,1-4H3,(H,15,17). The van der Waals surface area contributed by atoms with Crippen LogP contribution in [-0.2, 0) is 4.79 Å². The summed E-state index contributed by atoms with van der Waals surface area (Å²) in [6.07, 6.45) is 2.32. The molecule has 0 radical (unpaired) electrons. The monoisotopic (exact) mass is 241 g/mol. The second-order valence-corrected chi connectivity index (χ2v) is 6.19. The number of likely N-dealkylation sites (tertiary alicyclic amines) is 1. The number of nitrogens with two attached hydrogens (primary N) is 1. The Morgan fingerprint density at radius 1 is 1.53 bits per heavy atom. The van der Waals surface area contributed by atoms with Gasteiger partial charge in [-0.3, -0.25) is 4.79 Å². The third kappa shape index (κ3) is 5.50. The zero-order valence-corrected chi connectivity index (χ0v) is 11.6. The van der Waals surface area contributed by atoms with Crippen molar-refractivity contribution in [2.24, 2.45) is 11.7 Å². The Morgan fingerprint density at radius 2 is 2.18 bits per heavy atom. The number of amides is 1. The Morgan fingerprint density at radius 3 is 2.71 bits per heavy atom. The van der Waals surface area contributed by atoms with E-state index in [0.29, 0.717) is 18.4 Å². The third-order valence-electron chi connectivity index (χ3n) is 3.45. The zero-order chi connectivity index (χ0) is 13.1. The van der Waals surface area contributed by atoms with Crippen LogP contribution in [0.15, 0.2) is 0 Å². The van der Waals surface area contributed by atoms with Gasteiger partial charge < -0.3 is 16.0 Å². The predicted octanol–water partition coefficient (Wildman–Crippen LogP) is 0.960. The highest BCUT2D eigenvalue weighted by atomic mass is 16.1. The lowest BCUT2D eigenvalue weighted by Gasteiger charge is -2.35. The number of piperidine rings is 1. The molecule has 2 atom stereocenters. The molecular weight excluding hydrogens is 214 g/mol. The Bertz CT molecular complexity index is 260. The van der Waals surface area contributed by atoms with Gasteiger partial charge in [-0.25, -0.2) is 0 Å². The number of hydrogen-bond acceptors (Lipinski definition) is 3. The van der Waals surface area contributed by atoms with Crippen LogP contribution in [0.1, 0.15) is 40.0 Å². The van der Waals surface area contributed by atoms with E-state index >= 15 is 0 Å². The topological polar surface area (TPSA) is 58.4 Å². The molecule has 1 amide bonds. The van der Waals surface area contributed by atoms with E-state index in [-0.39, 0.29) is 11.4 Å². The van der Waals surface area contributed by atoms with Crippen LogP contribution in [0.2, 0.25) is 0 Å². The fourth-order valence-corrected chi connectivity index (χ4v) is 2.28. The van der Waals surface area contributed by atoms with E-state index in [1.165, 1.54) is 0 Å². The molecule has 0 saturated carbocycles. The van der Waals surface area contributed by atoms with E-state index in [2.05, 4.69) is 24.2 Å². The second-order valence-electron chi connectivity index (χ2n) is 6.19. The number of carbonyl (C=O) groups excluding carboxylic acids is 1. The van der Waals surface area contributed by atoms with Crippen LogP contribution in [-0.4, -0.2) is 42.5 Å².